The molecule has 3 amide bonds. The number of nitrogens with zero attached hydrogens (tertiary/aromatic N) is 3. The maximum absolute atomic E-state index is 14.2. The van der Waals surface area contributed by atoms with Crippen LogP contribution in [0, 0.1) is 5.92 Å². The van der Waals surface area contributed by atoms with E-state index in [0.29, 0.717) is 36.4 Å². The Morgan fingerprint density at radius 2 is 1.60 bits per heavy atom. The maximum atomic E-state index is 14.2. The predicted molar refractivity (Wildman–Crippen MR) is 206 cm³/mol. The number of guanidine groups is 1. The Balaban J connectivity index is 1.33. The van der Waals surface area contributed by atoms with Crippen molar-refractivity contribution in [3.05, 3.63) is 81.8 Å². The molecule has 2 aromatic heterocycles. The molecule has 276 valence electrons. The number of benzene rings is 2. The zero-order valence-corrected chi connectivity index (χ0v) is 30.9. The molecule has 14 heteroatoms. The molecule has 4 aromatic rings. The van der Waals surface area contributed by atoms with Crippen molar-refractivity contribution in [2.75, 3.05) is 6.54 Å². The molecule has 52 heavy (non-hydrogen) atoms. The molecule has 1 saturated carbocycles. The molecule has 0 saturated heterocycles. The number of carbonyl (C=O) groups excluding carboxylic acids is 4. The quantitative estimate of drug-likeness (QED) is 0.0395. The van der Waals surface area contributed by atoms with Gasteiger partial charge in [-0.05, 0) is 55.7 Å². The third-order valence-corrected chi connectivity index (χ3v) is 11.0. The van der Waals surface area contributed by atoms with E-state index in [9.17, 15) is 19.2 Å². The summed E-state index contributed by atoms with van der Waals surface area (Å²) in [4.78, 5) is 68.2. The van der Waals surface area contributed by atoms with E-state index >= 15 is 0 Å². The molecule has 1 aliphatic carbocycles. The molecule has 0 spiro atoms. The van der Waals surface area contributed by atoms with E-state index in [2.05, 4.69) is 30.9 Å². The van der Waals surface area contributed by atoms with Crippen LogP contribution in [0.25, 0.3) is 10.2 Å². The highest BCUT2D eigenvalue weighted by atomic mass is 32.1. The summed E-state index contributed by atoms with van der Waals surface area (Å²) in [6, 6.07) is 14.4. The third kappa shape index (κ3) is 11.9. The summed E-state index contributed by atoms with van der Waals surface area (Å²) in [6.07, 6.45) is 8.40. The summed E-state index contributed by atoms with van der Waals surface area (Å²) in [7, 11) is 0. The number of nitrogens with two attached hydrogens (primary N) is 2. The fourth-order valence-electron chi connectivity index (χ4n) is 6.52. The molecule has 1 aliphatic rings. The molecule has 3 atom stereocenters. The smallest absolute Gasteiger partial charge is 0.243 e. The molecule has 0 unspecified atom stereocenters. The minimum absolute atomic E-state index is 0.0528. The van der Waals surface area contributed by atoms with Crippen LogP contribution in [0.1, 0.15) is 85.3 Å². The summed E-state index contributed by atoms with van der Waals surface area (Å²) in [5.74, 6) is -1.14. The lowest BCUT2D eigenvalue weighted by atomic mass is 9.85. The van der Waals surface area contributed by atoms with Crippen LogP contribution in [0.3, 0.4) is 0 Å². The number of hydrogen-bond donors (Lipinski definition) is 5. The van der Waals surface area contributed by atoms with Gasteiger partial charge in [0, 0.05) is 24.8 Å². The Bertz CT molecular complexity index is 1750. The molecule has 2 heterocycles. The minimum Gasteiger partial charge on any atom is -0.370 e. The highest BCUT2D eigenvalue weighted by molar-refractivity contribution is 7.20. The van der Waals surface area contributed by atoms with Gasteiger partial charge in [-0.15, -0.1) is 22.7 Å². The van der Waals surface area contributed by atoms with Gasteiger partial charge in [0.15, 0.2) is 11.0 Å². The van der Waals surface area contributed by atoms with E-state index < -0.39 is 29.9 Å². The summed E-state index contributed by atoms with van der Waals surface area (Å²) < 4.78 is 0.867. The Hall–Kier alpha value is -4.69. The van der Waals surface area contributed by atoms with Crippen molar-refractivity contribution in [2.45, 2.75) is 95.2 Å². The van der Waals surface area contributed by atoms with E-state index in [1.807, 2.05) is 60.0 Å². The first kappa shape index (κ1) is 38.5. The fraction of sp³-hybridized carbons (Fsp3) is 0.447. The Kier molecular flexibility index (Phi) is 14.7. The molecular weight excluding hydrogens is 697 g/mol. The summed E-state index contributed by atoms with van der Waals surface area (Å²) >= 11 is 2.68. The second-order valence-corrected chi connectivity index (χ2v) is 15.0. The number of amides is 3. The number of aliphatic imine (C=N–C) groups is 1. The van der Waals surface area contributed by atoms with Gasteiger partial charge in [-0.3, -0.25) is 24.2 Å². The molecule has 7 N–H and O–H groups in total. The number of fused-ring (bicyclic) bond motifs is 1. The van der Waals surface area contributed by atoms with Crippen LogP contribution in [0.4, 0.5) is 0 Å². The van der Waals surface area contributed by atoms with Gasteiger partial charge in [-0.1, -0.05) is 74.6 Å². The van der Waals surface area contributed by atoms with E-state index in [1.54, 1.807) is 5.51 Å². The molecule has 5 rings (SSSR count). The molecule has 2 aromatic carbocycles. The van der Waals surface area contributed by atoms with E-state index in [0.717, 1.165) is 42.4 Å². The molecule has 0 radical (unpaired) electrons. The number of aryl methyl sites for hydroxylation is 1. The Labute approximate surface area is 312 Å². The fourth-order valence-corrected chi connectivity index (χ4v) is 8.05. The van der Waals surface area contributed by atoms with Gasteiger partial charge >= 0.3 is 0 Å². The molecule has 1 fully saturated rings. The zero-order chi connectivity index (χ0) is 36.7. The largest absolute Gasteiger partial charge is 0.370 e. The maximum Gasteiger partial charge on any atom is 0.243 e. The topological polar surface area (TPSA) is 195 Å². The number of carbonyl (C=O) groups is 4. The SMILES string of the molecule is NC(N)=NCCC[C@H](NC(=O)[C@H](CCC1CCCCC1)NC(=O)[C@H](Cc1cscn1)NC(=O)CCc1ccccc1)C(=O)c1nc2ccccc2s1. The molecular formula is C38H48N8O4S2. The lowest BCUT2D eigenvalue weighted by Gasteiger charge is -2.27. The summed E-state index contributed by atoms with van der Waals surface area (Å²) in [6.45, 7) is 0.284. The van der Waals surface area contributed by atoms with E-state index in [-0.39, 0.29) is 48.5 Å². The number of nitrogens with one attached hydrogen (secondary N) is 3. The van der Waals surface area contributed by atoms with Gasteiger partial charge in [0.05, 0.1) is 27.5 Å². The molecule has 0 bridgehead atoms. The van der Waals surface area contributed by atoms with Gasteiger partial charge in [0.2, 0.25) is 23.5 Å². The van der Waals surface area contributed by atoms with Crippen LogP contribution in [-0.4, -0.2) is 64.1 Å². The van der Waals surface area contributed by atoms with Crippen LogP contribution in [0.5, 0.6) is 0 Å². The van der Waals surface area contributed by atoms with Crippen molar-refractivity contribution >= 4 is 62.4 Å². The Morgan fingerprint density at radius 3 is 2.33 bits per heavy atom. The first-order chi connectivity index (χ1) is 25.2. The lowest BCUT2D eigenvalue weighted by Crippen LogP contribution is -2.56. The number of para-hydroxylation sites is 1. The lowest BCUT2D eigenvalue weighted by molar-refractivity contribution is -0.132. The number of ketones is 1. The number of hydrogen-bond acceptors (Lipinski definition) is 9. The highest BCUT2D eigenvalue weighted by Crippen LogP contribution is 2.28. The monoisotopic (exact) mass is 744 g/mol. The molecule has 0 aliphatic heterocycles. The Morgan fingerprint density at radius 1 is 0.865 bits per heavy atom. The summed E-state index contributed by atoms with van der Waals surface area (Å²) in [5.41, 5.74) is 15.1. The number of aromatic nitrogens is 2. The average molecular weight is 745 g/mol. The summed E-state index contributed by atoms with van der Waals surface area (Å²) in [5, 5.41) is 11.0. The normalized spacial score (nSPS) is 14.9. The van der Waals surface area contributed by atoms with Crippen molar-refractivity contribution < 1.29 is 19.2 Å². The van der Waals surface area contributed by atoms with Crippen molar-refractivity contribution in [3.8, 4) is 0 Å². The van der Waals surface area contributed by atoms with Crippen LogP contribution < -0.4 is 27.4 Å². The third-order valence-electron chi connectivity index (χ3n) is 9.34. The van der Waals surface area contributed by atoms with Crippen molar-refractivity contribution in [3.63, 3.8) is 0 Å². The van der Waals surface area contributed by atoms with Gasteiger partial charge in [-0.25, -0.2) is 9.97 Å². The first-order valence-electron chi connectivity index (χ1n) is 18.0. The second kappa shape index (κ2) is 19.8. The van der Waals surface area contributed by atoms with Crippen molar-refractivity contribution in [2.24, 2.45) is 22.4 Å². The standard InChI is InChI=1S/C38H48N8O4S2/c39-38(40)41-21-9-15-29(34(48)37-46-28-14-7-8-16-32(28)52-37)44-35(49)30(19-17-25-10-3-1-4-11-25)45-36(50)31(22-27-23-51-24-42-27)43-33(47)20-18-26-12-5-2-6-13-26/h2,5-8,12-14,16,23-25,29-31H,1,3-4,9-11,15,17-22H2,(H,43,47)(H,44,49)(H,45,50)(H4,39,40,41)/t29-,30-,31-/m0/s1. The van der Waals surface area contributed by atoms with Crippen LogP contribution in [0.15, 0.2) is 70.5 Å². The van der Waals surface area contributed by atoms with Gasteiger partial charge < -0.3 is 27.4 Å². The molecule has 12 nitrogen and oxygen atoms in total. The zero-order valence-electron chi connectivity index (χ0n) is 29.3. The minimum atomic E-state index is -0.949. The van der Waals surface area contributed by atoms with Gasteiger partial charge in [-0.2, -0.15) is 0 Å². The van der Waals surface area contributed by atoms with Gasteiger partial charge in [0.1, 0.15) is 12.1 Å². The van der Waals surface area contributed by atoms with Crippen molar-refractivity contribution in [1.29, 1.82) is 0 Å². The van der Waals surface area contributed by atoms with Crippen molar-refractivity contribution in [1.82, 2.24) is 25.9 Å². The van der Waals surface area contributed by atoms with Crippen LogP contribution >= 0.6 is 22.7 Å². The highest BCUT2D eigenvalue weighted by Gasteiger charge is 2.32. The number of rotatable bonds is 19. The number of thiazole rings is 2. The average Bonchev–Trinajstić information content (AvgIpc) is 3.84. The number of Topliss-reactive ketones (excluding diaryl/α,β-unsaturated/α-hetero) is 1. The predicted octanol–water partition coefficient (Wildman–Crippen LogP) is 4.68. The van der Waals surface area contributed by atoms with E-state index in [4.69, 9.17) is 11.5 Å². The van der Waals surface area contributed by atoms with E-state index in [1.165, 1.54) is 29.1 Å². The van der Waals surface area contributed by atoms with Gasteiger partial charge in [0.25, 0.3) is 0 Å². The van der Waals surface area contributed by atoms with Crippen LogP contribution in [-0.2, 0) is 27.2 Å². The second-order valence-electron chi connectivity index (χ2n) is 13.3. The van der Waals surface area contributed by atoms with Crippen LogP contribution in [0.2, 0.25) is 0 Å². The first-order valence-corrected chi connectivity index (χ1v) is 19.8.